The van der Waals surface area contributed by atoms with Gasteiger partial charge in [0.2, 0.25) is 0 Å². The molecule has 1 aromatic carbocycles. The van der Waals surface area contributed by atoms with Crippen LogP contribution in [0.5, 0.6) is 0 Å². The molecule has 3 nitrogen and oxygen atoms in total. The SMILES string of the molecule is CC(C)CC(C)(Cc1ccccc1)NC(=O)c1cc2c(nc1Cl)CCC2. The zero-order valence-corrected chi connectivity index (χ0v) is 16.6. The minimum Gasteiger partial charge on any atom is -0.346 e. The summed E-state index contributed by atoms with van der Waals surface area (Å²) in [5.41, 5.74) is 3.58. The van der Waals surface area contributed by atoms with Crippen molar-refractivity contribution in [2.75, 3.05) is 0 Å². The lowest BCUT2D eigenvalue weighted by molar-refractivity contribution is 0.0894. The maximum absolute atomic E-state index is 13.0. The number of carbonyl (C=O) groups is 1. The van der Waals surface area contributed by atoms with Crippen LogP contribution >= 0.6 is 11.6 Å². The van der Waals surface area contributed by atoms with Crippen molar-refractivity contribution in [2.45, 2.75) is 58.4 Å². The van der Waals surface area contributed by atoms with E-state index in [1.165, 1.54) is 5.56 Å². The molecule has 2 aromatic rings. The van der Waals surface area contributed by atoms with Gasteiger partial charge in [-0.1, -0.05) is 55.8 Å². The van der Waals surface area contributed by atoms with Crippen LogP contribution in [0.25, 0.3) is 0 Å². The van der Waals surface area contributed by atoms with E-state index in [9.17, 15) is 4.79 Å². The Morgan fingerprint density at radius 1 is 1.27 bits per heavy atom. The molecule has 3 rings (SSSR count). The van der Waals surface area contributed by atoms with Crippen LogP contribution in [0.15, 0.2) is 36.4 Å². The summed E-state index contributed by atoms with van der Waals surface area (Å²) in [5.74, 6) is 0.342. The van der Waals surface area contributed by atoms with Gasteiger partial charge in [-0.25, -0.2) is 4.98 Å². The summed E-state index contributed by atoms with van der Waals surface area (Å²) in [5, 5.41) is 3.57. The number of hydrogen-bond donors (Lipinski definition) is 1. The number of aryl methyl sites for hydroxylation is 2. The van der Waals surface area contributed by atoms with Gasteiger partial charge >= 0.3 is 0 Å². The quantitative estimate of drug-likeness (QED) is 0.727. The molecule has 1 amide bonds. The minimum absolute atomic E-state index is 0.128. The first-order chi connectivity index (χ1) is 12.4. The number of pyridine rings is 1. The average Bonchev–Trinajstić information content (AvgIpc) is 3.00. The van der Waals surface area contributed by atoms with Crippen molar-refractivity contribution < 1.29 is 4.79 Å². The molecule has 138 valence electrons. The number of nitrogens with zero attached hydrogens (tertiary/aromatic N) is 1. The van der Waals surface area contributed by atoms with Crippen molar-refractivity contribution in [3.63, 3.8) is 0 Å². The number of rotatable bonds is 6. The van der Waals surface area contributed by atoms with E-state index < -0.39 is 0 Å². The molecule has 0 spiro atoms. The molecular weight excluding hydrogens is 344 g/mol. The first-order valence-corrected chi connectivity index (χ1v) is 9.79. The van der Waals surface area contributed by atoms with Gasteiger partial charge in [0.25, 0.3) is 5.91 Å². The molecule has 1 aromatic heterocycles. The second-order valence-electron chi connectivity index (χ2n) is 8.06. The molecule has 1 aliphatic carbocycles. The summed E-state index contributed by atoms with van der Waals surface area (Å²) in [7, 11) is 0. The van der Waals surface area contributed by atoms with Gasteiger partial charge in [-0.3, -0.25) is 4.79 Å². The Bertz CT molecular complexity index is 788. The van der Waals surface area contributed by atoms with E-state index in [0.717, 1.165) is 43.4 Å². The van der Waals surface area contributed by atoms with Crippen LogP contribution in [0.1, 0.15) is 60.8 Å². The number of hydrogen-bond acceptors (Lipinski definition) is 2. The van der Waals surface area contributed by atoms with E-state index in [4.69, 9.17) is 11.6 Å². The van der Waals surface area contributed by atoms with Crippen LogP contribution in [0.4, 0.5) is 0 Å². The maximum Gasteiger partial charge on any atom is 0.254 e. The highest BCUT2D eigenvalue weighted by Gasteiger charge is 2.30. The zero-order chi connectivity index (χ0) is 18.7. The van der Waals surface area contributed by atoms with Crippen LogP contribution < -0.4 is 5.32 Å². The Labute approximate surface area is 161 Å². The van der Waals surface area contributed by atoms with Crippen molar-refractivity contribution in [3.05, 3.63) is 63.9 Å². The fraction of sp³-hybridized carbons (Fsp3) is 0.455. The smallest absolute Gasteiger partial charge is 0.254 e. The lowest BCUT2D eigenvalue weighted by Crippen LogP contribution is -2.48. The summed E-state index contributed by atoms with van der Waals surface area (Å²) < 4.78 is 0. The van der Waals surface area contributed by atoms with Crippen molar-refractivity contribution in [3.8, 4) is 0 Å². The minimum atomic E-state index is -0.338. The Kier molecular flexibility index (Phi) is 5.67. The van der Waals surface area contributed by atoms with Crippen molar-refractivity contribution in [1.29, 1.82) is 0 Å². The van der Waals surface area contributed by atoms with Gasteiger partial charge in [0.05, 0.1) is 5.56 Å². The highest BCUT2D eigenvalue weighted by Crippen LogP contribution is 2.27. The first kappa shape index (κ1) is 18.9. The third kappa shape index (κ3) is 4.45. The third-order valence-corrected chi connectivity index (χ3v) is 5.25. The number of amides is 1. The predicted octanol–water partition coefficient (Wildman–Crippen LogP) is 5.00. The van der Waals surface area contributed by atoms with Crippen LogP contribution in [0.2, 0.25) is 5.15 Å². The molecular formula is C22H27ClN2O. The van der Waals surface area contributed by atoms with Crippen molar-refractivity contribution in [1.82, 2.24) is 10.3 Å². The number of fused-ring (bicyclic) bond motifs is 1. The van der Waals surface area contributed by atoms with E-state index >= 15 is 0 Å². The van der Waals surface area contributed by atoms with E-state index in [-0.39, 0.29) is 11.4 Å². The van der Waals surface area contributed by atoms with E-state index in [0.29, 0.717) is 16.6 Å². The number of nitrogens with one attached hydrogen (secondary N) is 1. The van der Waals surface area contributed by atoms with Gasteiger partial charge in [0.1, 0.15) is 5.15 Å². The highest BCUT2D eigenvalue weighted by atomic mass is 35.5. The van der Waals surface area contributed by atoms with E-state index in [2.05, 4.69) is 43.2 Å². The highest BCUT2D eigenvalue weighted by molar-refractivity contribution is 6.32. The normalized spacial score (nSPS) is 15.6. The Morgan fingerprint density at radius 2 is 2.00 bits per heavy atom. The molecule has 4 heteroatoms. The number of carbonyl (C=O) groups excluding carboxylic acids is 1. The van der Waals surface area contributed by atoms with Crippen LogP contribution in [-0.4, -0.2) is 16.4 Å². The molecule has 1 unspecified atom stereocenters. The summed E-state index contributed by atoms with van der Waals surface area (Å²) >= 11 is 6.33. The first-order valence-electron chi connectivity index (χ1n) is 9.41. The van der Waals surface area contributed by atoms with Crippen LogP contribution in [-0.2, 0) is 19.3 Å². The topological polar surface area (TPSA) is 42.0 Å². The van der Waals surface area contributed by atoms with Gasteiger partial charge in [0, 0.05) is 11.2 Å². The molecule has 0 radical (unpaired) electrons. The van der Waals surface area contributed by atoms with Gasteiger partial charge in [0.15, 0.2) is 0 Å². The molecule has 1 N–H and O–H groups in total. The van der Waals surface area contributed by atoms with Gasteiger partial charge in [-0.05, 0) is 62.1 Å². The number of aromatic nitrogens is 1. The Balaban J connectivity index is 1.83. The second-order valence-corrected chi connectivity index (χ2v) is 8.42. The Morgan fingerprint density at radius 3 is 2.69 bits per heavy atom. The molecule has 1 atom stereocenters. The molecule has 0 saturated carbocycles. The summed E-state index contributed by atoms with van der Waals surface area (Å²) in [4.78, 5) is 17.5. The number of benzene rings is 1. The lowest BCUT2D eigenvalue weighted by Gasteiger charge is -2.33. The molecule has 0 fully saturated rings. The molecule has 0 aliphatic heterocycles. The number of halogens is 1. The summed E-state index contributed by atoms with van der Waals surface area (Å²) in [6, 6.07) is 12.2. The van der Waals surface area contributed by atoms with Crippen molar-refractivity contribution in [2.24, 2.45) is 5.92 Å². The summed E-state index contributed by atoms with van der Waals surface area (Å²) in [6.45, 7) is 6.48. The molecule has 0 saturated heterocycles. The van der Waals surface area contributed by atoms with Crippen molar-refractivity contribution >= 4 is 17.5 Å². The van der Waals surface area contributed by atoms with Gasteiger partial charge in [-0.15, -0.1) is 0 Å². The Hall–Kier alpha value is -1.87. The maximum atomic E-state index is 13.0. The fourth-order valence-electron chi connectivity index (χ4n) is 4.06. The average molecular weight is 371 g/mol. The molecule has 1 aliphatic rings. The van der Waals surface area contributed by atoms with Crippen LogP contribution in [0.3, 0.4) is 0 Å². The largest absolute Gasteiger partial charge is 0.346 e. The molecule has 1 heterocycles. The second kappa shape index (κ2) is 7.79. The summed E-state index contributed by atoms with van der Waals surface area (Å²) in [6.07, 6.45) is 4.70. The third-order valence-electron chi connectivity index (χ3n) is 4.96. The zero-order valence-electron chi connectivity index (χ0n) is 15.8. The lowest BCUT2D eigenvalue weighted by atomic mass is 9.84. The van der Waals surface area contributed by atoms with Crippen LogP contribution in [0, 0.1) is 5.92 Å². The fourth-order valence-corrected chi connectivity index (χ4v) is 4.30. The van der Waals surface area contributed by atoms with E-state index in [1.807, 2.05) is 24.3 Å². The van der Waals surface area contributed by atoms with Gasteiger partial charge < -0.3 is 5.32 Å². The van der Waals surface area contributed by atoms with Gasteiger partial charge in [-0.2, -0.15) is 0 Å². The predicted molar refractivity (Wildman–Crippen MR) is 107 cm³/mol. The molecule has 0 bridgehead atoms. The monoisotopic (exact) mass is 370 g/mol. The van der Waals surface area contributed by atoms with E-state index in [1.54, 1.807) is 0 Å². The molecule has 26 heavy (non-hydrogen) atoms. The standard InChI is InChI=1S/C22H27ClN2O/c1-15(2)13-22(3,14-16-8-5-4-6-9-16)25-21(26)18-12-17-10-7-11-19(17)24-20(18)23/h4-6,8-9,12,15H,7,10-11,13-14H2,1-3H3,(H,25,26).